The largest absolute Gasteiger partial charge is 0.486 e. The van der Waals surface area contributed by atoms with Gasteiger partial charge in [-0.25, -0.2) is 19.6 Å². The first-order chi connectivity index (χ1) is 20.9. The number of aliphatic carboxylic acids is 2. The summed E-state index contributed by atoms with van der Waals surface area (Å²) in [6.45, 7) is 3.54. The van der Waals surface area contributed by atoms with Gasteiger partial charge in [0.2, 0.25) is 5.91 Å². The maximum Gasteiger partial charge on any atom is 0.414 e. The Morgan fingerprint density at radius 1 is 0.860 bits per heavy atom. The van der Waals surface area contributed by atoms with Crippen molar-refractivity contribution in [3.63, 3.8) is 0 Å². The molecule has 1 aliphatic heterocycles. The number of para-hydroxylation sites is 4. The average Bonchev–Trinajstić information content (AvgIpc) is 3.58. The van der Waals surface area contributed by atoms with Gasteiger partial charge >= 0.3 is 11.9 Å². The zero-order valence-corrected chi connectivity index (χ0v) is 24.1. The lowest BCUT2D eigenvalue weighted by Crippen LogP contribution is -2.40. The van der Waals surface area contributed by atoms with Gasteiger partial charge in [-0.05, 0) is 68.2 Å². The molecule has 0 aliphatic carbocycles. The fourth-order valence-corrected chi connectivity index (χ4v) is 5.86. The summed E-state index contributed by atoms with van der Waals surface area (Å²) in [7, 11) is 0. The van der Waals surface area contributed by atoms with Gasteiger partial charge in [0.05, 0.1) is 27.8 Å². The van der Waals surface area contributed by atoms with Crippen molar-refractivity contribution in [1.82, 2.24) is 19.4 Å². The number of fused-ring (bicyclic) bond motifs is 2. The van der Waals surface area contributed by atoms with Crippen LogP contribution in [0.25, 0.3) is 21.3 Å². The van der Waals surface area contributed by atoms with Crippen LogP contribution in [0, 0.1) is 5.92 Å². The Kier molecular flexibility index (Phi) is 9.59. The zero-order chi connectivity index (χ0) is 30.2. The lowest BCUT2D eigenvalue weighted by molar-refractivity contribution is -0.159. The number of carboxylic acid groups (broad SMARTS) is 2. The second-order valence-corrected chi connectivity index (χ2v) is 11.1. The molecule has 1 saturated heterocycles. The first-order valence-electron chi connectivity index (χ1n) is 13.8. The van der Waals surface area contributed by atoms with Gasteiger partial charge in [0, 0.05) is 6.54 Å². The molecule has 0 bridgehead atoms. The molecule has 3 N–H and O–H groups in total. The van der Waals surface area contributed by atoms with E-state index in [9.17, 15) is 4.79 Å². The smallest absolute Gasteiger partial charge is 0.414 e. The third kappa shape index (κ3) is 7.93. The Labute approximate surface area is 251 Å². The van der Waals surface area contributed by atoms with Crippen LogP contribution in [-0.4, -0.2) is 67.1 Å². The molecule has 1 amide bonds. The number of carbonyl (C=O) groups is 3. The number of hydrogen-bond acceptors (Lipinski definition) is 8. The summed E-state index contributed by atoms with van der Waals surface area (Å²) in [5.41, 5.74) is 3.06. The molecule has 3 heterocycles. The number of hydrogen-bond donors (Lipinski definition) is 3. The van der Waals surface area contributed by atoms with Gasteiger partial charge in [-0.15, -0.1) is 0 Å². The van der Waals surface area contributed by atoms with Crippen molar-refractivity contribution in [2.24, 2.45) is 5.92 Å². The van der Waals surface area contributed by atoms with Crippen molar-refractivity contribution in [2.75, 3.05) is 25.0 Å². The van der Waals surface area contributed by atoms with E-state index < -0.39 is 11.9 Å². The van der Waals surface area contributed by atoms with Gasteiger partial charge in [0.1, 0.15) is 18.2 Å². The molecule has 1 aliphatic rings. The number of amides is 1. The van der Waals surface area contributed by atoms with E-state index in [1.807, 2.05) is 60.7 Å². The summed E-state index contributed by atoms with van der Waals surface area (Å²) in [5, 5.41) is 18.4. The monoisotopic (exact) mass is 601 g/mol. The van der Waals surface area contributed by atoms with E-state index in [1.54, 1.807) is 0 Å². The maximum absolute atomic E-state index is 12.7. The Bertz CT molecular complexity index is 1670. The van der Waals surface area contributed by atoms with E-state index in [4.69, 9.17) is 29.5 Å². The Morgan fingerprint density at radius 3 is 2.21 bits per heavy atom. The van der Waals surface area contributed by atoms with E-state index in [0.29, 0.717) is 24.2 Å². The summed E-state index contributed by atoms with van der Waals surface area (Å²) in [5.74, 6) is -1.33. The first-order valence-corrected chi connectivity index (χ1v) is 14.6. The van der Waals surface area contributed by atoms with Crippen molar-refractivity contribution < 1.29 is 29.3 Å². The quantitative estimate of drug-likeness (QED) is 0.215. The molecule has 0 saturated carbocycles. The molecule has 12 heteroatoms. The van der Waals surface area contributed by atoms with Crippen molar-refractivity contribution in [1.29, 1.82) is 0 Å². The zero-order valence-electron chi connectivity index (χ0n) is 23.3. The number of likely N-dealkylation sites (tertiary alicyclic amines) is 1. The molecular formula is C31H31N5O6S. The number of benzene rings is 3. The van der Waals surface area contributed by atoms with Crippen molar-refractivity contribution in [2.45, 2.75) is 26.0 Å². The number of anilines is 1. The number of piperidine rings is 1. The van der Waals surface area contributed by atoms with Crippen LogP contribution in [0.15, 0.2) is 78.9 Å². The Hall–Kier alpha value is -4.81. The van der Waals surface area contributed by atoms with E-state index in [0.717, 1.165) is 65.3 Å². The van der Waals surface area contributed by atoms with Crippen molar-refractivity contribution in [3.8, 4) is 5.75 Å². The fraction of sp³-hybridized carbons (Fsp3) is 0.258. The number of carboxylic acids is 2. The van der Waals surface area contributed by atoms with Crippen molar-refractivity contribution >= 4 is 55.6 Å². The Morgan fingerprint density at radius 2 is 1.51 bits per heavy atom. The highest BCUT2D eigenvalue weighted by Crippen LogP contribution is 2.26. The maximum atomic E-state index is 12.7. The molecule has 0 unspecified atom stereocenters. The van der Waals surface area contributed by atoms with E-state index in [2.05, 4.69) is 38.0 Å². The fourth-order valence-electron chi connectivity index (χ4n) is 4.98. The molecule has 1 fully saturated rings. The minimum absolute atomic E-state index is 0.00143. The third-order valence-electron chi connectivity index (χ3n) is 7.08. The van der Waals surface area contributed by atoms with Crippen LogP contribution in [0.1, 0.15) is 18.7 Å². The number of imidazole rings is 1. The summed E-state index contributed by atoms with van der Waals surface area (Å²) >= 11 is 1.51. The van der Waals surface area contributed by atoms with Crippen LogP contribution in [0.4, 0.5) is 5.13 Å². The number of aromatic nitrogens is 3. The normalized spacial score (nSPS) is 13.8. The minimum atomic E-state index is -1.82. The van der Waals surface area contributed by atoms with E-state index in [1.165, 1.54) is 11.3 Å². The molecule has 0 radical (unpaired) electrons. The molecule has 0 atom stereocenters. The topological polar surface area (TPSA) is 147 Å². The molecule has 3 aromatic carbocycles. The lowest BCUT2D eigenvalue weighted by Gasteiger charge is -2.31. The van der Waals surface area contributed by atoms with Crippen LogP contribution in [-0.2, 0) is 27.5 Å². The molecule has 0 spiro atoms. The van der Waals surface area contributed by atoms with Crippen molar-refractivity contribution in [3.05, 3.63) is 84.7 Å². The predicted molar refractivity (Wildman–Crippen MR) is 163 cm³/mol. The second kappa shape index (κ2) is 13.9. The van der Waals surface area contributed by atoms with Gasteiger partial charge in [-0.2, -0.15) is 0 Å². The number of nitrogens with zero attached hydrogens (tertiary/aromatic N) is 4. The average molecular weight is 602 g/mol. The lowest BCUT2D eigenvalue weighted by atomic mass is 9.96. The molecule has 43 heavy (non-hydrogen) atoms. The molecule has 11 nitrogen and oxygen atoms in total. The number of nitrogens with one attached hydrogen (secondary N) is 1. The third-order valence-corrected chi connectivity index (χ3v) is 8.03. The molecule has 2 aromatic heterocycles. The highest BCUT2D eigenvalue weighted by Gasteiger charge is 2.23. The van der Waals surface area contributed by atoms with Gasteiger partial charge in [0.15, 0.2) is 5.13 Å². The summed E-state index contributed by atoms with van der Waals surface area (Å²) in [4.78, 5) is 42.5. The van der Waals surface area contributed by atoms with Crippen LogP contribution in [0.5, 0.6) is 5.75 Å². The minimum Gasteiger partial charge on any atom is -0.486 e. The first kappa shape index (κ1) is 29.7. The molecular weight excluding hydrogens is 570 g/mol. The van der Waals surface area contributed by atoms with Crippen LogP contribution >= 0.6 is 11.3 Å². The number of ether oxygens (including phenoxy) is 1. The van der Waals surface area contributed by atoms with E-state index in [-0.39, 0.29) is 5.91 Å². The summed E-state index contributed by atoms with van der Waals surface area (Å²) in [6.07, 6.45) is 2.08. The molecule has 5 aromatic rings. The summed E-state index contributed by atoms with van der Waals surface area (Å²) in [6, 6.07) is 26.1. The van der Waals surface area contributed by atoms with Crippen LogP contribution in [0.3, 0.4) is 0 Å². The number of thiazole rings is 1. The number of rotatable bonds is 8. The van der Waals surface area contributed by atoms with Crippen LogP contribution < -0.4 is 10.1 Å². The van der Waals surface area contributed by atoms with Gasteiger partial charge in [-0.3, -0.25) is 9.69 Å². The van der Waals surface area contributed by atoms with Gasteiger partial charge in [0.25, 0.3) is 0 Å². The van der Waals surface area contributed by atoms with Gasteiger partial charge < -0.3 is 24.8 Å². The van der Waals surface area contributed by atoms with Gasteiger partial charge in [-0.1, -0.05) is 53.8 Å². The highest BCUT2D eigenvalue weighted by atomic mass is 32.1. The highest BCUT2D eigenvalue weighted by molar-refractivity contribution is 7.22. The van der Waals surface area contributed by atoms with Crippen LogP contribution in [0.2, 0.25) is 0 Å². The molecule has 222 valence electrons. The second-order valence-electron chi connectivity index (χ2n) is 10.1. The standard InChI is InChI=1S/C29H29N5O2S.C2H2O4/c35-28(32-29-31-24-11-5-7-13-26(24)37-29)19-33-16-14-21(15-17-33)18-34-25-12-6-4-10-23(25)30-27(34)20-36-22-8-2-1-3-9-22;3-1(4)2(5)6/h1-13,21H,14-20H2,(H,31,32,35);(H,3,4)(H,5,6). The predicted octanol–water partition coefficient (Wildman–Crippen LogP) is 4.73. The molecule has 6 rings (SSSR count). The summed E-state index contributed by atoms with van der Waals surface area (Å²) < 4.78 is 9.44. The number of carbonyl (C=O) groups excluding carboxylic acids is 1. The Balaban J connectivity index is 0.000000559. The van der Waals surface area contributed by atoms with E-state index >= 15 is 0 Å². The SMILES string of the molecule is O=C(CN1CCC(Cn2c(COc3ccccc3)nc3ccccc32)CC1)Nc1nc2ccccc2s1.O=C(O)C(=O)O.